The second kappa shape index (κ2) is 6.50. The van der Waals surface area contributed by atoms with Crippen LogP contribution in [0.4, 0.5) is 0 Å². The Morgan fingerprint density at radius 2 is 1.70 bits per heavy atom. The van der Waals surface area contributed by atoms with Crippen molar-refractivity contribution in [3.63, 3.8) is 0 Å². The first kappa shape index (κ1) is 15.7. The third-order valence-electron chi connectivity index (χ3n) is 3.83. The van der Waals surface area contributed by atoms with Crippen molar-refractivity contribution in [1.29, 1.82) is 0 Å². The number of fused-ring (bicyclic) bond motifs is 1. The lowest BCUT2D eigenvalue weighted by molar-refractivity contribution is -0.134. The minimum absolute atomic E-state index is 0.218. The molecule has 0 bridgehead atoms. The maximum absolute atomic E-state index is 12.6. The molecular formula is C18H18ClNO3. The number of rotatable bonds is 3. The van der Waals surface area contributed by atoms with Crippen LogP contribution < -0.4 is 14.8 Å². The van der Waals surface area contributed by atoms with Gasteiger partial charge < -0.3 is 14.8 Å². The van der Waals surface area contributed by atoms with Gasteiger partial charge in [0, 0.05) is 5.02 Å². The molecule has 0 aromatic heterocycles. The zero-order valence-corrected chi connectivity index (χ0v) is 13.7. The van der Waals surface area contributed by atoms with Gasteiger partial charge in [0.05, 0.1) is 6.04 Å². The number of benzene rings is 2. The monoisotopic (exact) mass is 331 g/mol. The van der Waals surface area contributed by atoms with E-state index in [1.807, 2.05) is 50.2 Å². The van der Waals surface area contributed by atoms with E-state index in [4.69, 9.17) is 21.1 Å². The standard InChI is InChI=1S/C18H18ClNO3/c1-11(13-7-3-4-8-14(13)19)20-18(21)17-12(2)22-15-9-5-6-10-16(15)23-17/h3-12,17H,1-2H3,(H,20,21). The third kappa shape index (κ3) is 3.27. The van der Waals surface area contributed by atoms with Crippen molar-refractivity contribution in [3.05, 3.63) is 59.1 Å². The van der Waals surface area contributed by atoms with Crippen LogP contribution in [0.5, 0.6) is 11.5 Å². The van der Waals surface area contributed by atoms with Gasteiger partial charge in [0.1, 0.15) is 6.10 Å². The molecule has 0 spiro atoms. The maximum atomic E-state index is 12.6. The first-order chi connectivity index (χ1) is 11.1. The van der Waals surface area contributed by atoms with E-state index in [0.717, 1.165) is 5.56 Å². The van der Waals surface area contributed by atoms with Gasteiger partial charge in [-0.3, -0.25) is 4.79 Å². The van der Waals surface area contributed by atoms with Crippen molar-refractivity contribution in [2.24, 2.45) is 0 Å². The topological polar surface area (TPSA) is 47.6 Å². The smallest absolute Gasteiger partial charge is 0.265 e. The van der Waals surface area contributed by atoms with Crippen molar-refractivity contribution >= 4 is 17.5 Å². The van der Waals surface area contributed by atoms with Crippen LogP contribution in [0, 0.1) is 0 Å². The minimum atomic E-state index is -0.699. The SMILES string of the molecule is CC(NC(=O)C1Oc2ccccc2OC1C)c1ccccc1Cl. The Hall–Kier alpha value is -2.20. The van der Waals surface area contributed by atoms with E-state index in [-0.39, 0.29) is 18.1 Å². The molecule has 120 valence electrons. The van der Waals surface area contributed by atoms with Crippen LogP contribution in [0.2, 0.25) is 5.02 Å². The second-order valence-corrected chi connectivity index (χ2v) is 5.97. The molecule has 5 heteroatoms. The zero-order chi connectivity index (χ0) is 16.4. The van der Waals surface area contributed by atoms with Gasteiger partial charge in [-0.1, -0.05) is 41.9 Å². The molecule has 1 aliphatic heterocycles. The second-order valence-electron chi connectivity index (χ2n) is 5.56. The van der Waals surface area contributed by atoms with Crippen LogP contribution in [0.15, 0.2) is 48.5 Å². The molecule has 2 aromatic carbocycles. The van der Waals surface area contributed by atoms with Crippen molar-refractivity contribution in [2.45, 2.75) is 32.1 Å². The normalized spacial score (nSPS) is 20.7. The molecule has 0 fully saturated rings. The highest BCUT2D eigenvalue weighted by molar-refractivity contribution is 6.31. The summed E-state index contributed by atoms with van der Waals surface area (Å²) in [6.45, 7) is 3.71. The fourth-order valence-corrected chi connectivity index (χ4v) is 2.91. The lowest BCUT2D eigenvalue weighted by atomic mass is 10.1. The molecule has 3 unspecified atom stereocenters. The summed E-state index contributed by atoms with van der Waals surface area (Å²) in [5.74, 6) is 1.01. The summed E-state index contributed by atoms with van der Waals surface area (Å²) >= 11 is 6.18. The van der Waals surface area contributed by atoms with Crippen molar-refractivity contribution in [3.8, 4) is 11.5 Å². The van der Waals surface area contributed by atoms with Crippen LogP contribution in [0.1, 0.15) is 25.5 Å². The van der Waals surface area contributed by atoms with E-state index in [2.05, 4.69) is 5.32 Å². The van der Waals surface area contributed by atoms with Gasteiger partial charge in [0.15, 0.2) is 11.5 Å². The van der Waals surface area contributed by atoms with Crippen LogP contribution in [0.3, 0.4) is 0 Å². The van der Waals surface area contributed by atoms with Gasteiger partial charge in [-0.05, 0) is 37.6 Å². The molecule has 0 saturated carbocycles. The largest absolute Gasteiger partial charge is 0.482 e. The highest BCUT2D eigenvalue weighted by atomic mass is 35.5. The van der Waals surface area contributed by atoms with E-state index in [9.17, 15) is 4.79 Å². The van der Waals surface area contributed by atoms with Gasteiger partial charge in [-0.2, -0.15) is 0 Å². The van der Waals surface area contributed by atoms with Gasteiger partial charge in [-0.15, -0.1) is 0 Å². The number of amides is 1. The molecule has 4 nitrogen and oxygen atoms in total. The molecule has 1 amide bonds. The number of carbonyl (C=O) groups is 1. The van der Waals surface area contributed by atoms with Crippen LogP contribution in [-0.4, -0.2) is 18.1 Å². The molecular weight excluding hydrogens is 314 g/mol. The molecule has 3 rings (SSSR count). The molecule has 0 aliphatic carbocycles. The summed E-state index contributed by atoms with van der Waals surface area (Å²) in [5.41, 5.74) is 0.868. The van der Waals surface area contributed by atoms with E-state index < -0.39 is 6.10 Å². The fraction of sp³-hybridized carbons (Fsp3) is 0.278. The molecule has 1 heterocycles. The number of carbonyl (C=O) groups excluding carboxylic acids is 1. The number of nitrogens with one attached hydrogen (secondary N) is 1. The van der Waals surface area contributed by atoms with Crippen molar-refractivity contribution in [1.82, 2.24) is 5.32 Å². The van der Waals surface area contributed by atoms with Gasteiger partial charge in [0.2, 0.25) is 6.10 Å². The van der Waals surface area contributed by atoms with Crippen LogP contribution in [-0.2, 0) is 4.79 Å². The molecule has 23 heavy (non-hydrogen) atoms. The molecule has 3 atom stereocenters. The summed E-state index contributed by atoms with van der Waals surface area (Å²) in [5, 5.41) is 3.56. The third-order valence-corrected chi connectivity index (χ3v) is 4.18. The Kier molecular flexibility index (Phi) is 4.44. The molecule has 0 saturated heterocycles. The molecule has 0 radical (unpaired) electrons. The van der Waals surface area contributed by atoms with Crippen molar-refractivity contribution < 1.29 is 14.3 Å². The number of halogens is 1. The van der Waals surface area contributed by atoms with Crippen LogP contribution in [0.25, 0.3) is 0 Å². The number of hydrogen-bond donors (Lipinski definition) is 1. The van der Waals surface area contributed by atoms with Gasteiger partial charge in [-0.25, -0.2) is 0 Å². The lowest BCUT2D eigenvalue weighted by Gasteiger charge is -2.31. The van der Waals surface area contributed by atoms with E-state index in [1.54, 1.807) is 12.1 Å². The number of ether oxygens (including phenoxy) is 2. The molecule has 2 aromatic rings. The average molecular weight is 332 g/mol. The minimum Gasteiger partial charge on any atom is -0.482 e. The molecule has 1 aliphatic rings. The quantitative estimate of drug-likeness (QED) is 0.932. The van der Waals surface area contributed by atoms with E-state index in [0.29, 0.717) is 16.5 Å². The zero-order valence-electron chi connectivity index (χ0n) is 13.0. The first-order valence-electron chi connectivity index (χ1n) is 7.53. The maximum Gasteiger partial charge on any atom is 0.265 e. The van der Waals surface area contributed by atoms with Crippen LogP contribution >= 0.6 is 11.6 Å². The van der Waals surface area contributed by atoms with Gasteiger partial charge in [0.25, 0.3) is 5.91 Å². The Bertz CT molecular complexity index is 719. The Morgan fingerprint density at radius 3 is 2.39 bits per heavy atom. The van der Waals surface area contributed by atoms with E-state index >= 15 is 0 Å². The number of hydrogen-bond acceptors (Lipinski definition) is 3. The Balaban J connectivity index is 1.72. The summed E-state index contributed by atoms with van der Waals surface area (Å²) in [4.78, 5) is 12.6. The predicted octanol–water partition coefficient (Wildman–Crippen LogP) is 3.75. The highest BCUT2D eigenvalue weighted by Gasteiger charge is 2.34. The average Bonchev–Trinajstić information content (AvgIpc) is 2.54. The highest BCUT2D eigenvalue weighted by Crippen LogP contribution is 2.33. The molecule has 1 N–H and O–H groups in total. The lowest BCUT2D eigenvalue weighted by Crippen LogP contribution is -2.49. The predicted molar refractivity (Wildman–Crippen MR) is 89.0 cm³/mol. The van der Waals surface area contributed by atoms with E-state index in [1.165, 1.54) is 0 Å². The Labute approximate surface area is 140 Å². The fourth-order valence-electron chi connectivity index (χ4n) is 2.61. The summed E-state index contributed by atoms with van der Waals surface area (Å²) in [7, 11) is 0. The Morgan fingerprint density at radius 1 is 1.09 bits per heavy atom. The number of para-hydroxylation sites is 2. The first-order valence-corrected chi connectivity index (χ1v) is 7.91. The van der Waals surface area contributed by atoms with Gasteiger partial charge >= 0.3 is 0 Å². The summed E-state index contributed by atoms with van der Waals surface area (Å²) in [6.07, 6.45) is -1.07. The summed E-state index contributed by atoms with van der Waals surface area (Å²) in [6, 6.07) is 14.6. The summed E-state index contributed by atoms with van der Waals surface area (Å²) < 4.78 is 11.6. The van der Waals surface area contributed by atoms with Crippen molar-refractivity contribution in [2.75, 3.05) is 0 Å².